The molecule has 0 saturated heterocycles. The Balaban J connectivity index is 1.84. The van der Waals surface area contributed by atoms with Crippen LogP contribution in [0.15, 0.2) is 54.6 Å². The molecule has 0 fully saturated rings. The smallest absolute Gasteiger partial charge is 0.377 e. The van der Waals surface area contributed by atoms with E-state index >= 15 is 0 Å². The minimum absolute atomic E-state index is 0.0568. The Labute approximate surface area is 137 Å². The van der Waals surface area contributed by atoms with E-state index in [0.29, 0.717) is 5.56 Å². The van der Waals surface area contributed by atoms with Crippen LogP contribution >= 0.6 is 0 Å². The zero-order valence-electron chi connectivity index (χ0n) is 12.6. The molecule has 0 bridgehead atoms. The van der Waals surface area contributed by atoms with Gasteiger partial charge in [-0.25, -0.2) is 4.39 Å². The molecule has 4 rings (SSSR count). The first kappa shape index (κ1) is 15.2. The molecular formula is C19H15F4N. The molecule has 3 atom stereocenters. The summed E-state index contributed by atoms with van der Waals surface area (Å²) in [7, 11) is 0. The van der Waals surface area contributed by atoms with Crippen LogP contribution in [0.2, 0.25) is 0 Å². The van der Waals surface area contributed by atoms with Gasteiger partial charge in [-0.05, 0) is 41.7 Å². The number of hydrogen-bond acceptors (Lipinski definition) is 1. The SMILES string of the molecule is Fc1ccc([C@@H]2Nc3c(cccc3C(F)(F)F)[C@H]3C=CC[C@H]32)cc1. The van der Waals surface area contributed by atoms with Gasteiger partial charge < -0.3 is 5.32 Å². The minimum Gasteiger partial charge on any atom is -0.377 e. The van der Waals surface area contributed by atoms with Crippen LogP contribution < -0.4 is 5.32 Å². The summed E-state index contributed by atoms with van der Waals surface area (Å²) < 4.78 is 53.4. The van der Waals surface area contributed by atoms with E-state index in [2.05, 4.69) is 5.32 Å². The van der Waals surface area contributed by atoms with Crippen LogP contribution in [0, 0.1) is 11.7 Å². The summed E-state index contributed by atoms with van der Waals surface area (Å²) >= 11 is 0. The Morgan fingerprint density at radius 1 is 1.00 bits per heavy atom. The largest absolute Gasteiger partial charge is 0.418 e. The number of benzene rings is 2. The maximum absolute atomic E-state index is 13.4. The van der Waals surface area contributed by atoms with Gasteiger partial charge in [0, 0.05) is 5.92 Å². The standard InChI is InChI=1S/C19H15F4N/c20-12-9-7-11(8-10-12)17-14-4-1-3-13(14)15-5-2-6-16(18(15)24-17)19(21,22)23/h1-3,5-10,13-14,17,24H,4H2/t13-,14+,17-/m0/s1. The van der Waals surface area contributed by atoms with Gasteiger partial charge in [-0.2, -0.15) is 13.2 Å². The van der Waals surface area contributed by atoms with Gasteiger partial charge in [0.15, 0.2) is 0 Å². The number of rotatable bonds is 1. The van der Waals surface area contributed by atoms with Gasteiger partial charge in [-0.1, -0.05) is 36.4 Å². The lowest BCUT2D eigenvalue weighted by molar-refractivity contribution is -0.137. The maximum atomic E-state index is 13.4. The Bertz CT molecular complexity index is 792. The van der Waals surface area contributed by atoms with E-state index in [1.807, 2.05) is 12.2 Å². The zero-order chi connectivity index (χ0) is 16.9. The Hall–Kier alpha value is -2.30. The summed E-state index contributed by atoms with van der Waals surface area (Å²) in [5.74, 6) is -0.280. The van der Waals surface area contributed by atoms with E-state index in [1.54, 1.807) is 18.2 Å². The third-order valence-electron chi connectivity index (χ3n) is 4.93. The number of fused-ring (bicyclic) bond motifs is 3. The first-order valence-electron chi connectivity index (χ1n) is 7.84. The average Bonchev–Trinajstić information content (AvgIpc) is 3.03. The zero-order valence-corrected chi connectivity index (χ0v) is 12.6. The Kier molecular flexibility index (Phi) is 3.41. The molecule has 1 nitrogen and oxygen atoms in total. The fourth-order valence-corrected chi connectivity index (χ4v) is 3.86. The highest BCUT2D eigenvalue weighted by Crippen LogP contribution is 2.52. The molecule has 0 saturated carbocycles. The number of nitrogens with one attached hydrogen (secondary N) is 1. The molecule has 1 N–H and O–H groups in total. The fourth-order valence-electron chi connectivity index (χ4n) is 3.86. The third kappa shape index (κ3) is 2.39. The van der Waals surface area contributed by atoms with Crippen molar-refractivity contribution in [3.05, 3.63) is 77.1 Å². The van der Waals surface area contributed by atoms with Crippen LogP contribution in [0.25, 0.3) is 0 Å². The number of halogens is 4. The van der Waals surface area contributed by atoms with Gasteiger partial charge in [0.1, 0.15) is 5.82 Å². The summed E-state index contributed by atoms with van der Waals surface area (Å²) in [5, 5.41) is 3.10. The highest BCUT2D eigenvalue weighted by atomic mass is 19.4. The lowest BCUT2D eigenvalue weighted by Gasteiger charge is -2.38. The number of para-hydroxylation sites is 1. The van der Waals surface area contributed by atoms with Crippen LogP contribution in [-0.2, 0) is 6.18 Å². The molecule has 124 valence electrons. The van der Waals surface area contributed by atoms with Crippen molar-refractivity contribution in [2.45, 2.75) is 24.6 Å². The van der Waals surface area contributed by atoms with Crippen molar-refractivity contribution in [1.82, 2.24) is 0 Å². The summed E-state index contributed by atoms with van der Waals surface area (Å²) in [5.41, 5.74) is 0.984. The van der Waals surface area contributed by atoms with Gasteiger partial charge in [0.25, 0.3) is 0 Å². The van der Waals surface area contributed by atoms with Crippen molar-refractivity contribution in [2.24, 2.45) is 5.92 Å². The van der Waals surface area contributed by atoms with Crippen molar-refractivity contribution in [2.75, 3.05) is 5.32 Å². The first-order valence-corrected chi connectivity index (χ1v) is 7.84. The van der Waals surface area contributed by atoms with Gasteiger partial charge in [-0.15, -0.1) is 0 Å². The van der Waals surface area contributed by atoms with Crippen molar-refractivity contribution in [3.8, 4) is 0 Å². The molecule has 0 aromatic heterocycles. The molecule has 24 heavy (non-hydrogen) atoms. The first-order chi connectivity index (χ1) is 11.4. The van der Waals surface area contributed by atoms with Crippen LogP contribution in [0.3, 0.4) is 0 Å². The summed E-state index contributed by atoms with van der Waals surface area (Å²) in [6.07, 6.45) is 0.375. The van der Waals surface area contributed by atoms with E-state index in [9.17, 15) is 17.6 Å². The Morgan fingerprint density at radius 3 is 2.46 bits per heavy atom. The quantitative estimate of drug-likeness (QED) is 0.524. The molecule has 0 spiro atoms. The molecule has 1 aliphatic heterocycles. The lowest BCUT2D eigenvalue weighted by Crippen LogP contribution is -2.30. The van der Waals surface area contributed by atoms with Gasteiger partial charge in [-0.3, -0.25) is 0 Å². The number of allylic oxidation sites excluding steroid dienone is 2. The molecule has 0 unspecified atom stereocenters. The second-order valence-electron chi connectivity index (χ2n) is 6.29. The van der Waals surface area contributed by atoms with E-state index in [0.717, 1.165) is 18.1 Å². The molecule has 2 aromatic rings. The fraction of sp³-hybridized carbons (Fsp3) is 0.263. The second kappa shape index (κ2) is 5.36. The molecular weight excluding hydrogens is 318 g/mol. The van der Waals surface area contributed by atoms with E-state index in [-0.39, 0.29) is 29.4 Å². The highest BCUT2D eigenvalue weighted by molar-refractivity contribution is 5.65. The minimum atomic E-state index is -4.42. The van der Waals surface area contributed by atoms with Gasteiger partial charge >= 0.3 is 6.18 Å². The van der Waals surface area contributed by atoms with Crippen LogP contribution in [-0.4, -0.2) is 0 Å². The topological polar surface area (TPSA) is 12.0 Å². The normalized spacial score (nSPS) is 25.1. The molecule has 0 radical (unpaired) electrons. The number of alkyl halides is 3. The summed E-state index contributed by atoms with van der Waals surface area (Å²) in [6, 6.07) is 10.0. The summed E-state index contributed by atoms with van der Waals surface area (Å²) in [4.78, 5) is 0. The van der Waals surface area contributed by atoms with Crippen LogP contribution in [0.1, 0.15) is 35.1 Å². The van der Waals surface area contributed by atoms with Gasteiger partial charge in [0.2, 0.25) is 0 Å². The summed E-state index contributed by atoms with van der Waals surface area (Å²) in [6.45, 7) is 0. The molecule has 5 heteroatoms. The molecule has 0 amide bonds. The van der Waals surface area contributed by atoms with Crippen molar-refractivity contribution in [3.63, 3.8) is 0 Å². The number of hydrogen-bond donors (Lipinski definition) is 1. The molecule has 2 aliphatic rings. The van der Waals surface area contributed by atoms with Crippen molar-refractivity contribution in [1.29, 1.82) is 0 Å². The predicted molar refractivity (Wildman–Crippen MR) is 84.2 cm³/mol. The molecule has 1 heterocycles. The van der Waals surface area contributed by atoms with Crippen molar-refractivity contribution < 1.29 is 17.6 Å². The van der Waals surface area contributed by atoms with Gasteiger partial charge in [0.05, 0.1) is 17.3 Å². The average molecular weight is 333 g/mol. The van der Waals surface area contributed by atoms with Crippen LogP contribution in [0.5, 0.6) is 0 Å². The van der Waals surface area contributed by atoms with Crippen molar-refractivity contribution >= 4 is 5.69 Å². The third-order valence-corrected chi connectivity index (χ3v) is 4.93. The lowest BCUT2D eigenvalue weighted by atomic mass is 9.76. The highest BCUT2D eigenvalue weighted by Gasteiger charge is 2.42. The monoisotopic (exact) mass is 333 g/mol. The predicted octanol–water partition coefficient (Wildman–Crippen LogP) is 5.67. The van der Waals surface area contributed by atoms with E-state index < -0.39 is 11.7 Å². The van der Waals surface area contributed by atoms with E-state index in [1.165, 1.54) is 18.2 Å². The molecule has 1 aliphatic carbocycles. The second-order valence-corrected chi connectivity index (χ2v) is 6.29. The van der Waals surface area contributed by atoms with E-state index in [4.69, 9.17) is 0 Å². The number of anilines is 1. The maximum Gasteiger partial charge on any atom is 0.418 e. The Morgan fingerprint density at radius 2 is 1.75 bits per heavy atom. The van der Waals surface area contributed by atoms with Crippen LogP contribution in [0.4, 0.5) is 23.2 Å². The molecule has 2 aromatic carbocycles.